The molecule has 1 aliphatic carbocycles. The minimum Gasteiger partial charge on any atom is -0.497 e. The van der Waals surface area contributed by atoms with Gasteiger partial charge >= 0.3 is 0 Å². The number of hydrogen-bond donors (Lipinski definition) is 0. The summed E-state index contributed by atoms with van der Waals surface area (Å²) in [6.07, 6.45) is 8.74. The topological polar surface area (TPSA) is 9.23 Å². The van der Waals surface area contributed by atoms with E-state index in [9.17, 15) is 0 Å². The van der Waals surface area contributed by atoms with E-state index in [2.05, 4.69) is 26.3 Å². The zero-order chi connectivity index (χ0) is 8.60. The van der Waals surface area contributed by atoms with Crippen molar-refractivity contribution in [2.75, 3.05) is 6.61 Å². The van der Waals surface area contributed by atoms with Crippen LogP contribution in [0, 0.1) is 11.8 Å². The second-order valence-corrected chi connectivity index (χ2v) is 4.30. The van der Waals surface area contributed by atoms with Crippen LogP contribution in [0.25, 0.3) is 0 Å². The summed E-state index contributed by atoms with van der Waals surface area (Å²) < 4.78 is 5.26. The first kappa shape index (κ1) is 7.90. The summed E-state index contributed by atoms with van der Waals surface area (Å²) in [6.45, 7) is 5.35. The lowest BCUT2D eigenvalue weighted by Gasteiger charge is -2.33. The van der Waals surface area contributed by atoms with Crippen molar-refractivity contribution in [1.29, 1.82) is 0 Å². The second kappa shape index (κ2) is 2.65. The quantitative estimate of drug-likeness (QED) is 0.533. The van der Waals surface area contributed by atoms with Crippen molar-refractivity contribution in [3.63, 3.8) is 0 Å². The summed E-state index contributed by atoms with van der Waals surface area (Å²) in [4.78, 5) is 0. The molecule has 0 atom stereocenters. The van der Waals surface area contributed by atoms with Crippen LogP contribution in [-0.2, 0) is 4.74 Å². The fraction of sp³-hybridized carbons (Fsp3) is 0.545. The maximum atomic E-state index is 5.26. The van der Waals surface area contributed by atoms with Crippen LogP contribution in [0.2, 0.25) is 0 Å². The minimum atomic E-state index is 0.368. The van der Waals surface area contributed by atoms with Gasteiger partial charge in [0.2, 0.25) is 0 Å². The Hall–Kier alpha value is -0.720. The van der Waals surface area contributed by atoms with Crippen LogP contribution in [0.5, 0.6) is 0 Å². The van der Waals surface area contributed by atoms with E-state index in [1.165, 1.54) is 24.0 Å². The van der Waals surface area contributed by atoms with E-state index in [0.29, 0.717) is 5.41 Å². The zero-order valence-corrected chi connectivity index (χ0v) is 7.76. The Balaban J connectivity index is 2.22. The summed E-state index contributed by atoms with van der Waals surface area (Å²) in [5.74, 6) is 0. The highest BCUT2D eigenvalue weighted by molar-refractivity contribution is 5.37. The molecule has 0 aromatic heterocycles. The predicted octanol–water partition coefficient (Wildman–Crippen LogP) is 2.85. The van der Waals surface area contributed by atoms with E-state index >= 15 is 0 Å². The van der Waals surface area contributed by atoms with Gasteiger partial charge in [0.25, 0.3) is 0 Å². The van der Waals surface area contributed by atoms with E-state index in [1.807, 2.05) is 6.26 Å². The van der Waals surface area contributed by atoms with Crippen LogP contribution in [0.15, 0.2) is 23.5 Å². The highest BCUT2D eigenvalue weighted by Gasteiger charge is 2.27. The highest BCUT2D eigenvalue weighted by Crippen LogP contribution is 2.39. The van der Waals surface area contributed by atoms with Crippen molar-refractivity contribution < 1.29 is 4.74 Å². The maximum absolute atomic E-state index is 5.26. The first-order valence-electron chi connectivity index (χ1n) is 4.53. The Kier molecular flexibility index (Phi) is 1.75. The van der Waals surface area contributed by atoms with E-state index in [0.717, 1.165) is 6.61 Å². The molecule has 2 aliphatic rings. The Morgan fingerprint density at radius 2 is 2.17 bits per heavy atom. The Morgan fingerprint density at radius 1 is 1.33 bits per heavy atom. The van der Waals surface area contributed by atoms with Crippen LogP contribution >= 0.6 is 0 Å². The largest absolute Gasteiger partial charge is 0.497 e. The lowest BCUT2D eigenvalue weighted by atomic mass is 9.74. The number of hydrogen-bond acceptors (Lipinski definition) is 1. The lowest BCUT2D eigenvalue weighted by molar-refractivity contribution is 0.260. The Bertz CT molecular complexity index is 246. The van der Waals surface area contributed by atoms with Gasteiger partial charge in [0.05, 0.1) is 6.26 Å². The van der Waals surface area contributed by atoms with Crippen molar-refractivity contribution in [2.24, 2.45) is 5.41 Å². The molecule has 2 rings (SSSR count). The van der Waals surface area contributed by atoms with E-state index in [4.69, 9.17) is 4.74 Å². The third-order valence-electron chi connectivity index (χ3n) is 2.62. The first-order chi connectivity index (χ1) is 5.67. The molecule has 0 unspecified atom stereocenters. The smallest absolute Gasteiger partial charge is 0.109 e. The van der Waals surface area contributed by atoms with E-state index in [1.54, 1.807) is 0 Å². The normalized spacial score (nSPS) is 26.5. The van der Waals surface area contributed by atoms with Crippen molar-refractivity contribution in [1.82, 2.24) is 0 Å². The van der Waals surface area contributed by atoms with Gasteiger partial charge in [0.15, 0.2) is 0 Å². The molecule has 1 radical (unpaired) electrons. The Labute approximate surface area is 74.1 Å². The third-order valence-corrected chi connectivity index (χ3v) is 2.62. The van der Waals surface area contributed by atoms with Crippen molar-refractivity contribution >= 4 is 0 Å². The summed E-state index contributed by atoms with van der Waals surface area (Å²) >= 11 is 0. The molecule has 0 amide bonds. The van der Waals surface area contributed by atoms with Crippen LogP contribution in [0.4, 0.5) is 0 Å². The SMILES string of the molecule is CC1(C)[CH]C2=C(C=COC2)CC1. The van der Waals surface area contributed by atoms with Gasteiger partial charge in [-0.1, -0.05) is 13.8 Å². The van der Waals surface area contributed by atoms with Gasteiger partial charge in [-0.2, -0.15) is 0 Å². The van der Waals surface area contributed by atoms with Crippen molar-refractivity contribution in [2.45, 2.75) is 26.7 Å². The van der Waals surface area contributed by atoms with Crippen molar-refractivity contribution in [3.8, 4) is 0 Å². The molecule has 0 aromatic rings. The van der Waals surface area contributed by atoms with Gasteiger partial charge < -0.3 is 4.74 Å². The van der Waals surface area contributed by atoms with E-state index < -0.39 is 0 Å². The fourth-order valence-electron chi connectivity index (χ4n) is 1.85. The highest BCUT2D eigenvalue weighted by atomic mass is 16.5. The average molecular weight is 163 g/mol. The van der Waals surface area contributed by atoms with Crippen molar-refractivity contribution in [3.05, 3.63) is 29.9 Å². The molecule has 1 heterocycles. The summed E-state index contributed by atoms with van der Waals surface area (Å²) in [7, 11) is 0. The summed E-state index contributed by atoms with van der Waals surface area (Å²) in [5.41, 5.74) is 3.24. The monoisotopic (exact) mass is 163 g/mol. The molecule has 0 saturated carbocycles. The molecule has 1 heteroatoms. The molecule has 0 aromatic carbocycles. The molecule has 65 valence electrons. The molecular weight excluding hydrogens is 148 g/mol. The maximum Gasteiger partial charge on any atom is 0.109 e. The molecule has 0 fully saturated rings. The fourth-order valence-corrected chi connectivity index (χ4v) is 1.85. The third kappa shape index (κ3) is 1.40. The standard InChI is InChI=1S/C11H15O/c1-11(2)5-3-9-4-6-12-8-10(9)7-11/h4,6-7H,3,5,8H2,1-2H3. The van der Waals surface area contributed by atoms with Crippen LogP contribution in [0.3, 0.4) is 0 Å². The minimum absolute atomic E-state index is 0.368. The summed E-state index contributed by atoms with van der Waals surface area (Å²) in [6, 6.07) is 0. The molecule has 1 nitrogen and oxygen atoms in total. The van der Waals surface area contributed by atoms with Gasteiger partial charge in [0.1, 0.15) is 6.61 Å². The Morgan fingerprint density at radius 3 is 3.00 bits per heavy atom. The molecule has 1 aliphatic heterocycles. The van der Waals surface area contributed by atoms with Gasteiger partial charge in [-0.25, -0.2) is 0 Å². The zero-order valence-electron chi connectivity index (χ0n) is 7.76. The molecule has 0 spiro atoms. The molecule has 0 saturated heterocycles. The van der Waals surface area contributed by atoms with Crippen LogP contribution in [-0.4, -0.2) is 6.61 Å². The van der Waals surface area contributed by atoms with Crippen LogP contribution < -0.4 is 0 Å². The average Bonchev–Trinajstić information content (AvgIpc) is 2.02. The molecule has 0 N–H and O–H groups in total. The molecular formula is C11H15O. The molecule has 12 heavy (non-hydrogen) atoms. The number of allylic oxidation sites excluding steroid dienone is 2. The summed E-state index contributed by atoms with van der Waals surface area (Å²) in [5, 5.41) is 0. The van der Waals surface area contributed by atoms with E-state index in [-0.39, 0.29) is 0 Å². The van der Waals surface area contributed by atoms with Crippen LogP contribution in [0.1, 0.15) is 26.7 Å². The van der Waals surface area contributed by atoms with Gasteiger partial charge in [-0.15, -0.1) is 0 Å². The first-order valence-corrected chi connectivity index (χ1v) is 4.53. The second-order valence-electron chi connectivity index (χ2n) is 4.30. The number of ether oxygens (including phenoxy) is 1. The predicted molar refractivity (Wildman–Crippen MR) is 49.4 cm³/mol. The van der Waals surface area contributed by atoms with Gasteiger partial charge in [-0.3, -0.25) is 0 Å². The van der Waals surface area contributed by atoms with Gasteiger partial charge in [0, 0.05) is 0 Å². The van der Waals surface area contributed by atoms with Gasteiger partial charge in [-0.05, 0) is 41.9 Å². The lowest BCUT2D eigenvalue weighted by Crippen LogP contribution is -2.22. The number of rotatable bonds is 0. The molecule has 0 bridgehead atoms.